The summed E-state index contributed by atoms with van der Waals surface area (Å²) in [6, 6.07) is 7.97. The van der Waals surface area contributed by atoms with E-state index in [1.165, 1.54) is 19.2 Å². The Labute approximate surface area is 143 Å². The Morgan fingerprint density at radius 2 is 2.28 bits per heavy atom. The number of benzene rings is 1. The quantitative estimate of drug-likeness (QED) is 0.479. The molecular formula is C17H16N4O4. The summed E-state index contributed by atoms with van der Waals surface area (Å²) in [5.41, 5.74) is 0.756. The van der Waals surface area contributed by atoms with E-state index >= 15 is 0 Å². The third-order valence-electron chi connectivity index (χ3n) is 4.39. The van der Waals surface area contributed by atoms with Gasteiger partial charge in [0, 0.05) is 30.6 Å². The van der Waals surface area contributed by atoms with Crippen LogP contribution in [0.5, 0.6) is 0 Å². The van der Waals surface area contributed by atoms with Crippen molar-refractivity contribution >= 4 is 28.4 Å². The zero-order valence-corrected chi connectivity index (χ0v) is 13.6. The molecule has 1 aromatic carbocycles. The zero-order chi connectivity index (χ0) is 18.0. The summed E-state index contributed by atoms with van der Waals surface area (Å²) in [5.74, 6) is 0.117. The first-order valence-corrected chi connectivity index (χ1v) is 7.85. The minimum Gasteiger partial charge on any atom is -0.469 e. The number of ether oxygens (including phenoxy) is 1. The van der Waals surface area contributed by atoms with E-state index in [2.05, 4.69) is 11.1 Å². The highest BCUT2D eigenvalue weighted by atomic mass is 16.6. The number of hydrogen-bond acceptors (Lipinski definition) is 7. The number of piperidine rings is 1. The summed E-state index contributed by atoms with van der Waals surface area (Å²) < 4.78 is 4.82. The monoisotopic (exact) mass is 340 g/mol. The molecular weight excluding hydrogens is 324 g/mol. The van der Waals surface area contributed by atoms with Crippen LogP contribution in [-0.4, -0.2) is 36.1 Å². The molecule has 2 aromatic rings. The number of esters is 1. The number of non-ortho nitro benzene ring substituents is 1. The van der Waals surface area contributed by atoms with E-state index in [0.29, 0.717) is 28.8 Å². The first-order chi connectivity index (χ1) is 12.0. The molecule has 8 heteroatoms. The molecule has 0 aliphatic carbocycles. The van der Waals surface area contributed by atoms with Gasteiger partial charge >= 0.3 is 5.97 Å². The van der Waals surface area contributed by atoms with Gasteiger partial charge in [-0.2, -0.15) is 5.26 Å². The van der Waals surface area contributed by atoms with Gasteiger partial charge in [0.2, 0.25) is 0 Å². The average molecular weight is 340 g/mol. The first kappa shape index (κ1) is 16.6. The van der Waals surface area contributed by atoms with E-state index < -0.39 is 4.92 Å². The van der Waals surface area contributed by atoms with Gasteiger partial charge in [-0.25, -0.2) is 4.98 Å². The second-order valence-corrected chi connectivity index (χ2v) is 5.91. The number of aromatic nitrogens is 1. The molecule has 1 aliphatic heterocycles. The molecule has 2 heterocycles. The number of carbonyl (C=O) groups excluding carboxylic acids is 1. The number of nitrogens with zero attached hydrogens (tertiary/aromatic N) is 4. The number of hydrogen-bond donors (Lipinski definition) is 0. The van der Waals surface area contributed by atoms with Gasteiger partial charge in [-0.05, 0) is 25.0 Å². The number of anilines is 1. The lowest BCUT2D eigenvalue weighted by molar-refractivity contribution is -0.384. The van der Waals surface area contributed by atoms with Crippen molar-refractivity contribution in [2.75, 3.05) is 25.1 Å². The third kappa shape index (κ3) is 3.21. The highest BCUT2D eigenvalue weighted by Gasteiger charge is 2.27. The van der Waals surface area contributed by atoms with Crippen molar-refractivity contribution in [3.05, 3.63) is 39.9 Å². The van der Waals surface area contributed by atoms with Crippen LogP contribution in [0, 0.1) is 27.4 Å². The number of fused-ring (bicyclic) bond motifs is 1. The molecule has 0 N–H and O–H groups in total. The normalized spacial score (nSPS) is 17.1. The fraction of sp³-hybridized carbons (Fsp3) is 0.353. The molecule has 0 bridgehead atoms. The standard InChI is InChI=1S/C17H16N4O4/c1-25-17(22)11-3-2-6-20(10-11)16-7-12(9-18)14-8-13(21(23)24)4-5-15(14)19-16/h4-5,7-8,11H,2-3,6,10H2,1H3/t11-/m0/s1. The predicted octanol–water partition coefficient (Wildman–Crippen LogP) is 2.40. The molecule has 1 aromatic heterocycles. The molecule has 1 aliphatic rings. The Morgan fingerprint density at radius 3 is 2.96 bits per heavy atom. The van der Waals surface area contributed by atoms with Crippen LogP contribution < -0.4 is 4.90 Å². The minimum atomic E-state index is -0.500. The van der Waals surface area contributed by atoms with Gasteiger partial charge in [0.1, 0.15) is 5.82 Å². The Kier molecular flexibility index (Phi) is 4.48. The molecule has 0 spiro atoms. The second kappa shape index (κ2) is 6.73. The van der Waals surface area contributed by atoms with Crippen LogP contribution in [0.25, 0.3) is 10.9 Å². The van der Waals surface area contributed by atoms with Crippen LogP contribution in [0.1, 0.15) is 18.4 Å². The summed E-state index contributed by atoms with van der Waals surface area (Å²) in [5, 5.41) is 20.8. The zero-order valence-electron chi connectivity index (χ0n) is 13.6. The molecule has 1 fully saturated rings. The van der Waals surface area contributed by atoms with Crippen molar-refractivity contribution in [3.8, 4) is 6.07 Å². The van der Waals surface area contributed by atoms with Crippen molar-refractivity contribution in [3.63, 3.8) is 0 Å². The van der Waals surface area contributed by atoms with Gasteiger partial charge in [-0.1, -0.05) is 0 Å². The Bertz CT molecular complexity index is 890. The SMILES string of the molecule is COC(=O)[C@H]1CCCN(c2cc(C#N)c3cc([N+](=O)[O-])ccc3n2)C1. The van der Waals surface area contributed by atoms with E-state index in [9.17, 15) is 20.2 Å². The fourth-order valence-corrected chi connectivity index (χ4v) is 3.11. The van der Waals surface area contributed by atoms with E-state index in [-0.39, 0.29) is 17.6 Å². The van der Waals surface area contributed by atoms with Crippen LogP contribution in [-0.2, 0) is 9.53 Å². The number of nitro groups is 1. The smallest absolute Gasteiger partial charge is 0.310 e. The van der Waals surface area contributed by atoms with Gasteiger partial charge < -0.3 is 9.64 Å². The van der Waals surface area contributed by atoms with E-state index in [1.807, 2.05) is 4.90 Å². The van der Waals surface area contributed by atoms with Crippen molar-refractivity contribution in [2.45, 2.75) is 12.8 Å². The lowest BCUT2D eigenvalue weighted by atomic mass is 9.98. The number of rotatable bonds is 3. The molecule has 0 amide bonds. The maximum absolute atomic E-state index is 11.8. The van der Waals surface area contributed by atoms with Crippen molar-refractivity contribution in [2.24, 2.45) is 5.92 Å². The Hall–Kier alpha value is -3.21. The van der Waals surface area contributed by atoms with Crippen molar-refractivity contribution in [1.82, 2.24) is 4.98 Å². The van der Waals surface area contributed by atoms with Crippen LogP contribution in [0.15, 0.2) is 24.3 Å². The molecule has 3 rings (SSSR count). The minimum absolute atomic E-state index is 0.0812. The molecule has 8 nitrogen and oxygen atoms in total. The molecule has 1 atom stereocenters. The van der Waals surface area contributed by atoms with Crippen LogP contribution >= 0.6 is 0 Å². The lowest BCUT2D eigenvalue weighted by Crippen LogP contribution is -2.39. The van der Waals surface area contributed by atoms with E-state index in [1.54, 1.807) is 12.1 Å². The van der Waals surface area contributed by atoms with Gasteiger partial charge in [-0.3, -0.25) is 14.9 Å². The summed E-state index contributed by atoms with van der Waals surface area (Å²) >= 11 is 0. The summed E-state index contributed by atoms with van der Waals surface area (Å²) in [6.07, 6.45) is 1.58. The average Bonchev–Trinajstić information content (AvgIpc) is 2.65. The number of methoxy groups -OCH3 is 1. The van der Waals surface area contributed by atoms with E-state index in [0.717, 1.165) is 19.4 Å². The third-order valence-corrected chi connectivity index (χ3v) is 4.39. The first-order valence-electron chi connectivity index (χ1n) is 7.85. The van der Waals surface area contributed by atoms with Crippen LogP contribution in [0.2, 0.25) is 0 Å². The Morgan fingerprint density at radius 1 is 1.48 bits per heavy atom. The van der Waals surface area contributed by atoms with Gasteiger partial charge in [0.15, 0.2) is 0 Å². The molecule has 25 heavy (non-hydrogen) atoms. The summed E-state index contributed by atoms with van der Waals surface area (Å²) in [7, 11) is 1.37. The summed E-state index contributed by atoms with van der Waals surface area (Å²) in [4.78, 5) is 28.7. The fourth-order valence-electron chi connectivity index (χ4n) is 3.11. The van der Waals surface area contributed by atoms with Gasteiger partial charge in [0.25, 0.3) is 5.69 Å². The lowest BCUT2D eigenvalue weighted by Gasteiger charge is -2.32. The van der Waals surface area contributed by atoms with E-state index in [4.69, 9.17) is 4.74 Å². The molecule has 128 valence electrons. The number of nitro benzene ring substituents is 1. The van der Waals surface area contributed by atoms with Crippen molar-refractivity contribution < 1.29 is 14.5 Å². The van der Waals surface area contributed by atoms with Gasteiger partial charge in [-0.15, -0.1) is 0 Å². The Balaban J connectivity index is 2.00. The largest absolute Gasteiger partial charge is 0.469 e. The maximum atomic E-state index is 11.8. The maximum Gasteiger partial charge on any atom is 0.310 e. The van der Waals surface area contributed by atoms with Crippen LogP contribution in [0.3, 0.4) is 0 Å². The molecule has 0 saturated carbocycles. The summed E-state index contributed by atoms with van der Waals surface area (Å²) in [6.45, 7) is 1.20. The second-order valence-electron chi connectivity index (χ2n) is 5.91. The van der Waals surface area contributed by atoms with Crippen LogP contribution in [0.4, 0.5) is 11.5 Å². The van der Waals surface area contributed by atoms with Crippen molar-refractivity contribution in [1.29, 1.82) is 5.26 Å². The topological polar surface area (TPSA) is 109 Å². The number of carbonyl (C=O) groups is 1. The predicted molar refractivity (Wildman–Crippen MR) is 90.1 cm³/mol. The number of pyridine rings is 1. The number of nitriles is 1. The molecule has 0 radical (unpaired) electrons. The molecule has 0 unspecified atom stereocenters. The highest BCUT2D eigenvalue weighted by molar-refractivity contribution is 5.88. The molecule has 1 saturated heterocycles. The van der Waals surface area contributed by atoms with Gasteiger partial charge in [0.05, 0.1) is 35.1 Å². The highest BCUT2D eigenvalue weighted by Crippen LogP contribution is 2.28.